The van der Waals surface area contributed by atoms with Gasteiger partial charge in [-0.25, -0.2) is 0 Å². The Morgan fingerprint density at radius 1 is 1.37 bits per heavy atom. The molecule has 1 aromatic rings. The summed E-state index contributed by atoms with van der Waals surface area (Å²) in [6.45, 7) is 5.55. The first-order valence-electron chi connectivity index (χ1n) is 6.43. The molecule has 4 nitrogen and oxygen atoms in total. The molecule has 0 radical (unpaired) electrons. The quantitative estimate of drug-likeness (QED) is 0.894. The topological polar surface area (TPSA) is 64.7 Å². The lowest BCUT2D eigenvalue weighted by Gasteiger charge is -2.29. The van der Waals surface area contributed by atoms with E-state index in [2.05, 4.69) is 15.9 Å². The molecule has 106 valence electrons. The molecule has 1 heterocycles. The van der Waals surface area contributed by atoms with Crippen LogP contribution in [0.1, 0.15) is 31.9 Å². The average Bonchev–Trinajstić information content (AvgIpc) is 2.63. The summed E-state index contributed by atoms with van der Waals surface area (Å²) in [5.41, 5.74) is 6.11. The smallest absolute Gasteiger partial charge is 0.175 e. The summed E-state index contributed by atoms with van der Waals surface area (Å²) in [5.74, 6) is 1.38. The summed E-state index contributed by atoms with van der Waals surface area (Å²) in [4.78, 5) is 0. The number of fused-ring (bicyclic) bond motifs is 1. The number of rotatable bonds is 3. The van der Waals surface area contributed by atoms with Gasteiger partial charge < -0.3 is 20.3 Å². The third-order valence-corrected chi connectivity index (χ3v) is 4.00. The molecule has 5 heteroatoms. The molecule has 1 atom stereocenters. The third kappa shape index (κ3) is 3.04. The van der Waals surface area contributed by atoms with Crippen molar-refractivity contribution in [2.24, 2.45) is 11.1 Å². The van der Waals surface area contributed by atoms with Gasteiger partial charge in [0.15, 0.2) is 11.5 Å². The van der Waals surface area contributed by atoms with E-state index in [1.54, 1.807) is 0 Å². The number of benzene rings is 1. The molecular weight excluding hydrogens is 310 g/mol. The Morgan fingerprint density at radius 2 is 2.05 bits per heavy atom. The molecule has 0 bridgehead atoms. The van der Waals surface area contributed by atoms with Crippen LogP contribution < -0.4 is 15.2 Å². The molecular formula is C14H20BrNO3. The van der Waals surface area contributed by atoms with E-state index in [1.807, 2.05) is 26.0 Å². The molecule has 1 aromatic carbocycles. The largest absolute Gasteiger partial charge is 0.490 e. The second kappa shape index (κ2) is 5.69. The molecule has 0 saturated carbocycles. The van der Waals surface area contributed by atoms with Crippen LogP contribution in [-0.4, -0.2) is 24.9 Å². The van der Waals surface area contributed by atoms with E-state index >= 15 is 0 Å². The van der Waals surface area contributed by atoms with Crippen LogP contribution in [0.15, 0.2) is 16.6 Å². The van der Waals surface area contributed by atoms with Gasteiger partial charge in [-0.3, -0.25) is 0 Å². The van der Waals surface area contributed by atoms with Crippen molar-refractivity contribution >= 4 is 15.9 Å². The molecule has 0 aliphatic carbocycles. The van der Waals surface area contributed by atoms with Gasteiger partial charge >= 0.3 is 0 Å². The monoisotopic (exact) mass is 329 g/mol. The first-order valence-corrected chi connectivity index (χ1v) is 7.22. The second-order valence-corrected chi connectivity index (χ2v) is 6.33. The van der Waals surface area contributed by atoms with Crippen molar-refractivity contribution in [3.05, 3.63) is 22.2 Å². The van der Waals surface area contributed by atoms with Crippen LogP contribution in [0.25, 0.3) is 0 Å². The fourth-order valence-electron chi connectivity index (χ4n) is 1.97. The second-order valence-electron chi connectivity index (χ2n) is 5.48. The van der Waals surface area contributed by atoms with Crippen molar-refractivity contribution in [2.75, 3.05) is 19.8 Å². The minimum absolute atomic E-state index is 0.390. The maximum atomic E-state index is 10.4. The number of aliphatic hydroxyl groups is 1. The first kappa shape index (κ1) is 14.6. The molecule has 0 spiro atoms. The van der Waals surface area contributed by atoms with Crippen LogP contribution in [0, 0.1) is 5.41 Å². The zero-order valence-electron chi connectivity index (χ0n) is 11.3. The summed E-state index contributed by atoms with van der Waals surface area (Å²) in [7, 11) is 0. The molecule has 1 unspecified atom stereocenters. The highest BCUT2D eigenvalue weighted by molar-refractivity contribution is 9.10. The average molecular weight is 330 g/mol. The molecule has 0 aromatic heterocycles. The molecule has 19 heavy (non-hydrogen) atoms. The fraction of sp³-hybridized carbons (Fsp3) is 0.571. The molecule has 3 N–H and O–H groups in total. The SMILES string of the molecule is CC(C)(CN)C(O)c1cc(Br)c2c(c1)OCCCO2. The number of halogens is 1. The Labute approximate surface area is 122 Å². The Morgan fingerprint density at radius 3 is 2.74 bits per heavy atom. The Bertz CT molecular complexity index is 462. The van der Waals surface area contributed by atoms with Gasteiger partial charge in [0.2, 0.25) is 0 Å². The van der Waals surface area contributed by atoms with Gasteiger partial charge in [0.1, 0.15) is 0 Å². The van der Waals surface area contributed by atoms with Crippen molar-refractivity contribution < 1.29 is 14.6 Å². The zero-order chi connectivity index (χ0) is 14.0. The van der Waals surface area contributed by atoms with E-state index in [-0.39, 0.29) is 5.41 Å². The van der Waals surface area contributed by atoms with E-state index in [0.717, 1.165) is 16.5 Å². The lowest BCUT2D eigenvalue weighted by Crippen LogP contribution is -2.30. The maximum absolute atomic E-state index is 10.4. The molecule has 0 amide bonds. The van der Waals surface area contributed by atoms with Gasteiger partial charge in [0.05, 0.1) is 23.8 Å². The van der Waals surface area contributed by atoms with Crippen molar-refractivity contribution in [2.45, 2.75) is 26.4 Å². The van der Waals surface area contributed by atoms with Gasteiger partial charge in [-0.2, -0.15) is 0 Å². The van der Waals surface area contributed by atoms with E-state index in [9.17, 15) is 5.11 Å². The Balaban J connectivity index is 2.38. The highest BCUT2D eigenvalue weighted by Gasteiger charge is 2.29. The summed E-state index contributed by atoms with van der Waals surface area (Å²) >= 11 is 3.48. The molecule has 0 fully saturated rings. The first-order chi connectivity index (χ1) is 8.95. The zero-order valence-corrected chi connectivity index (χ0v) is 12.9. The number of hydrogen-bond donors (Lipinski definition) is 2. The molecule has 2 rings (SSSR count). The lowest BCUT2D eigenvalue weighted by molar-refractivity contribution is 0.0552. The van der Waals surface area contributed by atoms with Crippen LogP contribution in [0.4, 0.5) is 0 Å². The van der Waals surface area contributed by atoms with Crippen molar-refractivity contribution in [3.63, 3.8) is 0 Å². The Hall–Kier alpha value is -0.780. The number of nitrogens with two attached hydrogens (primary N) is 1. The third-order valence-electron chi connectivity index (χ3n) is 3.41. The van der Waals surface area contributed by atoms with Gasteiger partial charge in [0.25, 0.3) is 0 Å². The van der Waals surface area contributed by atoms with Crippen LogP contribution in [0.3, 0.4) is 0 Å². The molecule has 1 aliphatic rings. The van der Waals surface area contributed by atoms with Gasteiger partial charge in [-0.1, -0.05) is 13.8 Å². The number of ether oxygens (including phenoxy) is 2. The summed E-state index contributed by atoms with van der Waals surface area (Å²) < 4.78 is 12.1. The fourth-order valence-corrected chi connectivity index (χ4v) is 2.55. The van der Waals surface area contributed by atoms with Crippen molar-refractivity contribution in [1.29, 1.82) is 0 Å². The van der Waals surface area contributed by atoms with E-state index in [0.29, 0.717) is 31.3 Å². The normalized spacial score (nSPS) is 16.9. The van der Waals surface area contributed by atoms with Crippen LogP contribution in [0.5, 0.6) is 11.5 Å². The van der Waals surface area contributed by atoms with E-state index in [1.165, 1.54) is 0 Å². The van der Waals surface area contributed by atoms with Gasteiger partial charge in [-0.05, 0) is 33.6 Å². The van der Waals surface area contributed by atoms with E-state index in [4.69, 9.17) is 15.2 Å². The lowest BCUT2D eigenvalue weighted by atomic mass is 9.83. The number of aliphatic hydroxyl groups excluding tert-OH is 1. The van der Waals surface area contributed by atoms with Gasteiger partial charge in [0, 0.05) is 18.4 Å². The van der Waals surface area contributed by atoms with E-state index < -0.39 is 6.10 Å². The van der Waals surface area contributed by atoms with Crippen LogP contribution in [-0.2, 0) is 0 Å². The van der Waals surface area contributed by atoms with Crippen molar-refractivity contribution in [3.8, 4) is 11.5 Å². The van der Waals surface area contributed by atoms with Crippen LogP contribution in [0.2, 0.25) is 0 Å². The highest BCUT2D eigenvalue weighted by Crippen LogP contribution is 2.42. The Kier molecular flexibility index (Phi) is 4.38. The number of hydrogen-bond acceptors (Lipinski definition) is 4. The predicted octanol–water partition coefficient (Wildman–Crippen LogP) is 2.63. The summed E-state index contributed by atoms with van der Waals surface area (Å²) in [5, 5.41) is 10.4. The summed E-state index contributed by atoms with van der Waals surface area (Å²) in [6, 6.07) is 3.71. The predicted molar refractivity (Wildman–Crippen MR) is 77.5 cm³/mol. The van der Waals surface area contributed by atoms with Gasteiger partial charge in [-0.15, -0.1) is 0 Å². The standard InChI is InChI=1S/C14H20BrNO3/c1-14(2,8-16)13(17)9-6-10(15)12-11(7-9)18-4-3-5-19-12/h6-7,13,17H,3-5,8,16H2,1-2H3. The minimum Gasteiger partial charge on any atom is -0.490 e. The maximum Gasteiger partial charge on any atom is 0.175 e. The summed E-state index contributed by atoms with van der Waals surface area (Å²) in [6.07, 6.45) is 0.207. The minimum atomic E-state index is -0.647. The van der Waals surface area contributed by atoms with Crippen LogP contribution >= 0.6 is 15.9 Å². The van der Waals surface area contributed by atoms with Crippen molar-refractivity contribution in [1.82, 2.24) is 0 Å². The molecule has 0 saturated heterocycles. The highest BCUT2D eigenvalue weighted by atomic mass is 79.9. The molecule has 1 aliphatic heterocycles.